The number of rotatable bonds is 7. The number of nitrogens with one attached hydrogen (secondary N) is 1. The zero-order chi connectivity index (χ0) is 24.1. The van der Waals surface area contributed by atoms with Crippen LogP contribution in [0, 0.1) is 11.8 Å². The molecule has 0 saturated carbocycles. The lowest BCUT2D eigenvalue weighted by Gasteiger charge is -2.35. The summed E-state index contributed by atoms with van der Waals surface area (Å²) in [5.74, 6) is 1.70. The number of hydrogen-bond acceptors (Lipinski definition) is 4. The van der Waals surface area contributed by atoms with Crippen LogP contribution in [-0.2, 0) is 9.59 Å². The van der Waals surface area contributed by atoms with Crippen LogP contribution in [0.2, 0.25) is 0 Å². The summed E-state index contributed by atoms with van der Waals surface area (Å²) in [5.41, 5.74) is 1.44. The number of piperidine rings is 1. The van der Waals surface area contributed by atoms with E-state index in [1.165, 1.54) is 11.3 Å². The van der Waals surface area contributed by atoms with Crippen molar-refractivity contribution in [2.24, 2.45) is 11.8 Å². The summed E-state index contributed by atoms with van der Waals surface area (Å²) in [5, 5.41) is 2.99. The number of anilines is 1. The Morgan fingerprint density at radius 2 is 1.91 bits per heavy atom. The van der Waals surface area contributed by atoms with E-state index in [1.54, 1.807) is 12.1 Å². The first kappa shape index (κ1) is 24.5. The molecule has 0 aliphatic carbocycles. The fourth-order valence-electron chi connectivity index (χ4n) is 4.87. The predicted octanol–water partition coefficient (Wildman–Crippen LogP) is 4.70. The highest BCUT2D eigenvalue weighted by Gasteiger charge is 2.31. The van der Waals surface area contributed by atoms with Gasteiger partial charge in [-0.15, -0.1) is 0 Å². The smallest absolute Gasteiger partial charge is 0.294 e. The number of likely N-dealkylation sites (tertiary alicyclic amines) is 1. The van der Waals surface area contributed by atoms with Crippen LogP contribution in [0.25, 0.3) is 6.08 Å². The van der Waals surface area contributed by atoms with Gasteiger partial charge in [-0.1, -0.05) is 54.0 Å². The van der Waals surface area contributed by atoms with Crippen molar-refractivity contribution in [3.05, 3.63) is 64.3 Å². The number of ether oxygens (including phenoxy) is 1. The van der Waals surface area contributed by atoms with Gasteiger partial charge in [-0.2, -0.15) is 0 Å². The Kier molecular flexibility index (Phi) is 8.06. The van der Waals surface area contributed by atoms with E-state index in [9.17, 15) is 9.59 Å². The molecule has 2 amide bonds. The van der Waals surface area contributed by atoms with Crippen molar-refractivity contribution in [2.75, 3.05) is 37.6 Å². The van der Waals surface area contributed by atoms with E-state index < -0.39 is 0 Å². The number of para-hydroxylation sites is 2. The van der Waals surface area contributed by atoms with Crippen molar-refractivity contribution in [1.29, 1.82) is 0 Å². The SMILES string of the molecule is C[C@@H]1C[C@@H](C)CN(CCCNC(=O)CN2C(=O)/C(=C\c3cccc(Br)c3)Oc3ccccc32)C1. The van der Waals surface area contributed by atoms with Crippen molar-refractivity contribution in [2.45, 2.75) is 26.7 Å². The highest BCUT2D eigenvalue weighted by atomic mass is 79.9. The van der Waals surface area contributed by atoms with Gasteiger partial charge in [0.05, 0.1) is 5.69 Å². The Bertz CT molecular complexity index is 1060. The molecular weight excluding hydrogens is 494 g/mol. The summed E-state index contributed by atoms with van der Waals surface area (Å²) in [6.07, 6.45) is 3.89. The molecule has 6 nitrogen and oxygen atoms in total. The predicted molar refractivity (Wildman–Crippen MR) is 139 cm³/mol. The Labute approximate surface area is 210 Å². The molecule has 2 aliphatic rings. The topological polar surface area (TPSA) is 61.9 Å². The Balaban J connectivity index is 1.38. The summed E-state index contributed by atoms with van der Waals surface area (Å²) in [4.78, 5) is 30.0. The van der Waals surface area contributed by atoms with Gasteiger partial charge in [0, 0.05) is 24.1 Å². The quantitative estimate of drug-likeness (QED) is 0.420. The van der Waals surface area contributed by atoms with E-state index in [-0.39, 0.29) is 24.1 Å². The second kappa shape index (κ2) is 11.2. The molecule has 2 heterocycles. The van der Waals surface area contributed by atoms with E-state index in [2.05, 4.69) is 40.0 Å². The molecule has 34 heavy (non-hydrogen) atoms. The number of carbonyl (C=O) groups is 2. The molecule has 2 aromatic rings. The highest BCUT2D eigenvalue weighted by Crippen LogP contribution is 2.35. The van der Waals surface area contributed by atoms with E-state index in [0.717, 1.165) is 47.9 Å². The van der Waals surface area contributed by atoms with Crippen molar-refractivity contribution >= 4 is 39.5 Å². The minimum atomic E-state index is -0.329. The number of amides is 2. The second-order valence-electron chi connectivity index (χ2n) is 9.43. The standard InChI is InChI=1S/C27H32BrN3O3/c1-19-13-20(2)17-30(16-19)12-6-11-29-26(32)18-31-23-9-3-4-10-24(23)34-25(27(31)33)15-21-7-5-8-22(28)14-21/h3-5,7-10,14-15,19-20H,6,11-13,16-18H2,1-2H3,(H,29,32)/b25-15+/t19-,20-/m1/s1. The molecule has 2 aromatic carbocycles. The van der Waals surface area contributed by atoms with E-state index in [0.29, 0.717) is 18.0 Å². The minimum absolute atomic E-state index is 0.0488. The summed E-state index contributed by atoms with van der Waals surface area (Å²) in [6.45, 7) is 8.40. The highest BCUT2D eigenvalue weighted by molar-refractivity contribution is 9.10. The molecule has 0 unspecified atom stereocenters. The molecule has 0 spiro atoms. The van der Waals surface area contributed by atoms with Crippen LogP contribution in [0.5, 0.6) is 5.75 Å². The third-order valence-electron chi connectivity index (χ3n) is 6.20. The number of fused-ring (bicyclic) bond motifs is 1. The van der Waals surface area contributed by atoms with Crippen molar-refractivity contribution in [3.63, 3.8) is 0 Å². The molecule has 1 fully saturated rings. The first-order valence-corrected chi connectivity index (χ1v) is 12.7. The van der Waals surface area contributed by atoms with Crippen LogP contribution < -0.4 is 15.0 Å². The van der Waals surface area contributed by atoms with Gasteiger partial charge in [0.25, 0.3) is 5.91 Å². The summed E-state index contributed by atoms with van der Waals surface area (Å²) >= 11 is 3.45. The number of benzene rings is 2. The lowest BCUT2D eigenvalue weighted by atomic mass is 9.92. The summed E-state index contributed by atoms with van der Waals surface area (Å²) in [7, 11) is 0. The first-order chi connectivity index (χ1) is 16.4. The summed E-state index contributed by atoms with van der Waals surface area (Å²) < 4.78 is 6.81. The van der Waals surface area contributed by atoms with Gasteiger partial charge >= 0.3 is 0 Å². The van der Waals surface area contributed by atoms with Gasteiger partial charge in [0.1, 0.15) is 6.54 Å². The Hall–Kier alpha value is -2.64. The largest absolute Gasteiger partial charge is 0.449 e. The lowest BCUT2D eigenvalue weighted by Crippen LogP contribution is -2.45. The maximum Gasteiger partial charge on any atom is 0.294 e. The zero-order valence-corrected chi connectivity index (χ0v) is 21.4. The molecule has 1 N–H and O–H groups in total. The van der Waals surface area contributed by atoms with Crippen LogP contribution >= 0.6 is 15.9 Å². The van der Waals surface area contributed by atoms with Gasteiger partial charge in [-0.3, -0.25) is 14.5 Å². The normalized spacial score (nSPS) is 21.8. The van der Waals surface area contributed by atoms with Gasteiger partial charge in [-0.05, 0) is 67.1 Å². The van der Waals surface area contributed by atoms with E-state index >= 15 is 0 Å². The Morgan fingerprint density at radius 3 is 2.68 bits per heavy atom. The molecule has 0 radical (unpaired) electrons. The fourth-order valence-corrected chi connectivity index (χ4v) is 5.29. The summed E-state index contributed by atoms with van der Waals surface area (Å²) in [6, 6.07) is 14.9. The average Bonchev–Trinajstić information content (AvgIpc) is 2.79. The van der Waals surface area contributed by atoms with Crippen LogP contribution in [0.3, 0.4) is 0 Å². The molecule has 7 heteroatoms. The van der Waals surface area contributed by atoms with Gasteiger partial charge in [-0.25, -0.2) is 0 Å². The monoisotopic (exact) mass is 525 g/mol. The van der Waals surface area contributed by atoms with Crippen molar-refractivity contribution in [3.8, 4) is 5.75 Å². The van der Waals surface area contributed by atoms with E-state index in [4.69, 9.17) is 4.74 Å². The van der Waals surface area contributed by atoms with Crippen molar-refractivity contribution in [1.82, 2.24) is 10.2 Å². The van der Waals surface area contributed by atoms with Crippen LogP contribution in [0.1, 0.15) is 32.3 Å². The zero-order valence-electron chi connectivity index (χ0n) is 19.8. The maximum atomic E-state index is 13.2. The molecule has 1 saturated heterocycles. The number of nitrogens with zero attached hydrogens (tertiary/aromatic N) is 2. The minimum Gasteiger partial charge on any atom is -0.449 e. The molecular formula is C27H32BrN3O3. The van der Waals surface area contributed by atoms with Crippen LogP contribution in [0.15, 0.2) is 58.8 Å². The van der Waals surface area contributed by atoms with Crippen molar-refractivity contribution < 1.29 is 14.3 Å². The van der Waals surface area contributed by atoms with Crippen LogP contribution in [-0.4, -0.2) is 49.4 Å². The number of hydrogen-bond donors (Lipinski definition) is 1. The number of carbonyl (C=O) groups excluding carboxylic acids is 2. The molecule has 0 bridgehead atoms. The molecule has 180 valence electrons. The van der Waals surface area contributed by atoms with Crippen LogP contribution in [0.4, 0.5) is 5.69 Å². The maximum absolute atomic E-state index is 13.2. The third-order valence-corrected chi connectivity index (χ3v) is 6.69. The molecule has 0 aromatic heterocycles. The third kappa shape index (κ3) is 6.27. The van der Waals surface area contributed by atoms with E-state index in [1.807, 2.05) is 42.5 Å². The average molecular weight is 526 g/mol. The fraction of sp³-hybridized carbons (Fsp3) is 0.407. The number of halogens is 1. The lowest BCUT2D eigenvalue weighted by molar-refractivity contribution is -0.123. The van der Waals surface area contributed by atoms with Gasteiger partial charge in [0.2, 0.25) is 5.91 Å². The van der Waals surface area contributed by atoms with Gasteiger partial charge in [0.15, 0.2) is 11.5 Å². The second-order valence-corrected chi connectivity index (χ2v) is 10.3. The first-order valence-electron chi connectivity index (χ1n) is 11.9. The Morgan fingerprint density at radius 1 is 1.15 bits per heavy atom. The van der Waals surface area contributed by atoms with Gasteiger partial charge < -0.3 is 15.0 Å². The molecule has 4 rings (SSSR count). The molecule has 2 aliphatic heterocycles. The molecule has 2 atom stereocenters.